The van der Waals surface area contributed by atoms with Crippen LogP contribution >= 0.6 is 0 Å². The molecule has 0 unspecified atom stereocenters. The van der Waals surface area contributed by atoms with Crippen molar-refractivity contribution in [2.45, 2.75) is 6.18 Å². The molecule has 0 amide bonds. The normalized spacial score (nSPS) is 11.2. The van der Waals surface area contributed by atoms with Gasteiger partial charge in [0.25, 0.3) is 5.76 Å². The Kier molecular flexibility index (Phi) is 6.87. The minimum Gasteiger partial charge on any atom is -0.497 e. The lowest BCUT2D eigenvalue weighted by molar-refractivity contribution is -0.154. The van der Waals surface area contributed by atoms with E-state index in [1.54, 1.807) is 12.1 Å². The molecule has 1 aromatic heterocycles. The van der Waals surface area contributed by atoms with Crippen LogP contribution in [-0.2, 0) is 10.9 Å². The second-order valence-corrected chi connectivity index (χ2v) is 7.48. The fourth-order valence-electron chi connectivity index (χ4n) is 3.31. The molecule has 0 radical (unpaired) electrons. The minimum absolute atomic E-state index is 0.132. The van der Waals surface area contributed by atoms with Crippen molar-refractivity contribution in [2.75, 3.05) is 14.2 Å². The molecule has 37 heavy (non-hydrogen) atoms. The topological polar surface area (TPSA) is 101 Å². The van der Waals surface area contributed by atoms with Crippen LogP contribution < -0.4 is 19.6 Å². The van der Waals surface area contributed by atoms with Crippen LogP contribution in [0.1, 0.15) is 26.5 Å². The monoisotopic (exact) mass is 514 g/mol. The Hall–Kier alpha value is -4.80. The van der Waals surface area contributed by atoms with Crippen LogP contribution in [0.3, 0.4) is 0 Å². The molecule has 0 fully saturated rings. The minimum atomic E-state index is -5.10. The number of fused-ring (bicyclic) bond motifs is 1. The van der Waals surface area contributed by atoms with Gasteiger partial charge in [0.15, 0.2) is 0 Å². The van der Waals surface area contributed by atoms with Gasteiger partial charge in [0.2, 0.25) is 11.2 Å². The van der Waals surface area contributed by atoms with E-state index in [1.165, 1.54) is 56.7 Å². The lowest BCUT2D eigenvalue weighted by Crippen LogP contribution is -2.15. The molecule has 0 N–H and O–H groups in total. The van der Waals surface area contributed by atoms with Crippen LogP contribution in [-0.4, -0.2) is 26.2 Å². The van der Waals surface area contributed by atoms with Crippen LogP contribution in [0.5, 0.6) is 23.0 Å². The van der Waals surface area contributed by atoms with Crippen molar-refractivity contribution in [3.05, 3.63) is 93.8 Å². The van der Waals surface area contributed by atoms with Crippen molar-refractivity contribution in [2.24, 2.45) is 0 Å². The van der Waals surface area contributed by atoms with Crippen LogP contribution in [0.4, 0.5) is 13.2 Å². The Balaban J connectivity index is 1.70. The second kappa shape index (κ2) is 10.1. The molecule has 0 saturated carbocycles. The van der Waals surface area contributed by atoms with Crippen molar-refractivity contribution in [1.29, 1.82) is 0 Å². The van der Waals surface area contributed by atoms with Gasteiger partial charge in [-0.05, 0) is 54.6 Å². The highest BCUT2D eigenvalue weighted by molar-refractivity contribution is 5.92. The third-order valence-corrected chi connectivity index (χ3v) is 5.09. The molecule has 1 heterocycles. The van der Waals surface area contributed by atoms with Gasteiger partial charge in [-0.2, -0.15) is 13.2 Å². The predicted molar refractivity (Wildman–Crippen MR) is 123 cm³/mol. The number of esters is 2. The average Bonchev–Trinajstić information content (AvgIpc) is 2.89. The lowest BCUT2D eigenvalue weighted by atomic mass is 10.2. The van der Waals surface area contributed by atoms with Crippen molar-refractivity contribution >= 4 is 22.9 Å². The average molecular weight is 514 g/mol. The van der Waals surface area contributed by atoms with E-state index < -0.39 is 40.6 Å². The maximum atomic E-state index is 13.8. The fraction of sp³-hybridized carbons (Fsp3) is 0.115. The summed E-state index contributed by atoms with van der Waals surface area (Å²) in [5.74, 6) is -4.12. The molecule has 11 heteroatoms. The summed E-state index contributed by atoms with van der Waals surface area (Å²) in [7, 11) is 2.59. The molecule has 0 saturated heterocycles. The number of carbonyl (C=O) groups is 2. The lowest BCUT2D eigenvalue weighted by Gasteiger charge is -2.14. The van der Waals surface area contributed by atoms with Gasteiger partial charge in [0.05, 0.1) is 30.7 Å². The first-order chi connectivity index (χ1) is 17.6. The standard InChI is InChI=1S/C26H17F3O8/c1-33-17-5-3-4-15(12-17)25(32)36-18-10-11-19-20(13-18)37-23(26(27,28)29)22(21(19)30)35-16-8-6-14(7-9-16)24(31)34-2/h3-13H,1-2H3. The van der Waals surface area contributed by atoms with E-state index in [9.17, 15) is 27.6 Å². The van der Waals surface area contributed by atoms with E-state index in [-0.39, 0.29) is 28.0 Å². The number of ether oxygens (including phenoxy) is 4. The Morgan fingerprint density at radius 1 is 0.811 bits per heavy atom. The largest absolute Gasteiger partial charge is 0.497 e. The van der Waals surface area contributed by atoms with Gasteiger partial charge in [0, 0.05) is 6.07 Å². The first-order valence-electron chi connectivity index (χ1n) is 10.5. The van der Waals surface area contributed by atoms with Gasteiger partial charge in [0.1, 0.15) is 22.8 Å². The van der Waals surface area contributed by atoms with Crippen molar-refractivity contribution < 1.29 is 46.1 Å². The molecule has 4 rings (SSSR count). The Morgan fingerprint density at radius 3 is 2.16 bits per heavy atom. The quantitative estimate of drug-likeness (QED) is 0.242. The summed E-state index contributed by atoms with van der Waals surface area (Å²) in [5.41, 5.74) is -1.30. The number of halogens is 3. The van der Waals surface area contributed by atoms with Gasteiger partial charge in [-0.1, -0.05) is 6.07 Å². The van der Waals surface area contributed by atoms with Crippen molar-refractivity contribution in [3.8, 4) is 23.0 Å². The summed E-state index contributed by atoms with van der Waals surface area (Å²) >= 11 is 0. The number of benzene rings is 3. The maximum Gasteiger partial charge on any atom is 0.453 e. The summed E-state index contributed by atoms with van der Waals surface area (Å²) in [6.45, 7) is 0. The van der Waals surface area contributed by atoms with E-state index in [0.29, 0.717) is 5.75 Å². The highest BCUT2D eigenvalue weighted by Crippen LogP contribution is 2.38. The first-order valence-corrected chi connectivity index (χ1v) is 10.5. The van der Waals surface area contributed by atoms with Gasteiger partial charge >= 0.3 is 18.1 Å². The number of alkyl halides is 3. The van der Waals surface area contributed by atoms with Crippen molar-refractivity contribution in [3.63, 3.8) is 0 Å². The SMILES string of the molecule is COC(=O)c1ccc(Oc2c(C(F)(F)F)oc3cc(OC(=O)c4cccc(OC)c4)ccc3c2=O)cc1. The predicted octanol–water partition coefficient (Wildman–Crippen LogP) is 5.62. The van der Waals surface area contributed by atoms with Crippen LogP contribution in [0.25, 0.3) is 11.0 Å². The zero-order valence-electron chi connectivity index (χ0n) is 19.3. The van der Waals surface area contributed by atoms with Gasteiger partial charge in [-0.25, -0.2) is 9.59 Å². The summed E-state index contributed by atoms with van der Waals surface area (Å²) in [6.07, 6.45) is -5.10. The van der Waals surface area contributed by atoms with E-state index in [2.05, 4.69) is 4.74 Å². The molecule has 190 valence electrons. The Bertz CT molecular complexity index is 1540. The molecule has 4 aromatic rings. The number of hydrogen-bond donors (Lipinski definition) is 0. The third-order valence-electron chi connectivity index (χ3n) is 5.09. The number of hydrogen-bond acceptors (Lipinski definition) is 8. The molecule has 8 nitrogen and oxygen atoms in total. The van der Waals surface area contributed by atoms with E-state index in [0.717, 1.165) is 12.1 Å². The van der Waals surface area contributed by atoms with Crippen molar-refractivity contribution in [1.82, 2.24) is 0 Å². The second-order valence-electron chi connectivity index (χ2n) is 7.48. The van der Waals surface area contributed by atoms with Gasteiger partial charge in [-0.15, -0.1) is 0 Å². The smallest absolute Gasteiger partial charge is 0.453 e. The molecule has 0 bridgehead atoms. The number of carbonyl (C=O) groups excluding carboxylic acids is 2. The molecule has 0 aliphatic rings. The molecule has 0 aliphatic carbocycles. The molecule has 3 aromatic carbocycles. The third kappa shape index (κ3) is 5.40. The van der Waals surface area contributed by atoms with Crippen LogP contribution in [0, 0.1) is 0 Å². The highest BCUT2D eigenvalue weighted by Gasteiger charge is 2.40. The Labute approximate surface area is 206 Å². The number of rotatable bonds is 6. The molecule has 0 spiro atoms. The molecule has 0 atom stereocenters. The highest BCUT2D eigenvalue weighted by atomic mass is 19.4. The molecular formula is C26H17F3O8. The van der Waals surface area contributed by atoms with E-state index in [1.807, 2.05) is 0 Å². The summed E-state index contributed by atoms with van der Waals surface area (Å²) in [5, 5.41) is -0.240. The zero-order valence-corrected chi connectivity index (χ0v) is 19.3. The fourth-order valence-corrected chi connectivity index (χ4v) is 3.31. The van der Waals surface area contributed by atoms with E-state index >= 15 is 0 Å². The van der Waals surface area contributed by atoms with E-state index in [4.69, 9.17) is 18.6 Å². The molecule has 0 aliphatic heterocycles. The summed E-state index contributed by atoms with van der Waals surface area (Å²) in [6, 6.07) is 14.4. The number of methoxy groups -OCH3 is 2. The summed E-state index contributed by atoms with van der Waals surface area (Å²) < 4.78 is 66.5. The zero-order chi connectivity index (χ0) is 26.7. The summed E-state index contributed by atoms with van der Waals surface area (Å²) in [4.78, 5) is 37.0. The van der Waals surface area contributed by atoms with Crippen LogP contribution in [0.2, 0.25) is 0 Å². The van der Waals surface area contributed by atoms with Crippen LogP contribution in [0.15, 0.2) is 75.9 Å². The van der Waals surface area contributed by atoms with Gasteiger partial charge < -0.3 is 23.4 Å². The first kappa shape index (κ1) is 25.3. The Morgan fingerprint density at radius 2 is 1.51 bits per heavy atom. The van der Waals surface area contributed by atoms with Gasteiger partial charge in [-0.3, -0.25) is 4.79 Å². The maximum absolute atomic E-state index is 13.8. The molecular weight excluding hydrogens is 497 g/mol.